The van der Waals surface area contributed by atoms with Crippen LogP contribution in [0.1, 0.15) is 28.8 Å². The molecule has 0 saturated carbocycles. The third-order valence-corrected chi connectivity index (χ3v) is 3.09. The van der Waals surface area contributed by atoms with Gasteiger partial charge in [-0.1, -0.05) is 0 Å². The number of carbonyl (C=O) groups is 1. The van der Waals surface area contributed by atoms with Gasteiger partial charge in [0.05, 0.1) is 18.8 Å². The third-order valence-electron chi connectivity index (χ3n) is 3.09. The van der Waals surface area contributed by atoms with E-state index in [1.165, 1.54) is 0 Å². The summed E-state index contributed by atoms with van der Waals surface area (Å²) in [6.45, 7) is 4.49. The second kappa shape index (κ2) is 9.20. The van der Waals surface area contributed by atoms with Gasteiger partial charge < -0.3 is 25.6 Å². The standard InChI is InChI=1S/C15H24N2O4/c1-11-9-12(10-13(14(11)16)15(18)19)17-5-3-4-6-21-8-7-20-2/h9-10,17H,3-8,16H2,1-2H3,(H,18,19). The van der Waals surface area contributed by atoms with E-state index < -0.39 is 5.97 Å². The number of hydrogen-bond acceptors (Lipinski definition) is 5. The molecule has 6 nitrogen and oxygen atoms in total. The van der Waals surface area contributed by atoms with Crippen molar-refractivity contribution in [3.05, 3.63) is 23.3 Å². The van der Waals surface area contributed by atoms with Crippen molar-refractivity contribution in [3.63, 3.8) is 0 Å². The number of anilines is 2. The molecular formula is C15H24N2O4. The van der Waals surface area contributed by atoms with Crippen molar-refractivity contribution < 1.29 is 19.4 Å². The highest BCUT2D eigenvalue weighted by atomic mass is 16.5. The number of aryl methyl sites for hydroxylation is 1. The zero-order valence-corrected chi connectivity index (χ0v) is 12.6. The molecule has 1 aromatic carbocycles. The third kappa shape index (κ3) is 6.01. The summed E-state index contributed by atoms with van der Waals surface area (Å²) in [6.07, 6.45) is 1.88. The fourth-order valence-electron chi connectivity index (χ4n) is 1.88. The van der Waals surface area contributed by atoms with Gasteiger partial charge in [0.2, 0.25) is 0 Å². The number of ether oxygens (including phenoxy) is 2. The quantitative estimate of drug-likeness (QED) is 0.452. The van der Waals surface area contributed by atoms with Gasteiger partial charge in [-0.15, -0.1) is 0 Å². The van der Waals surface area contributed by atoms with E-state index in [2.05, 4.69) is 5.32 Å². The summed E-state index contributed by atoms with van der Waals surface area (Å²) < 4.78 is 10.2. The molecule has 118 valence electrons. The van der Waals surface area contributed by atoms with Crippen LogP contribution in [0.3, 0.4) is 0 Å². The van der Waals surface area contributed by atoms with Crippen molar-refractivity contribution in [2.75, 3.05) is 44.5 Å². The Labute approximate surface area is 125 Å². The molecule has 1 aromatic rings. The fraction of sp³-hybridized carbons (Fsp3) is 0.533. The van der Waals surface area contributed by atoms with Gasteiger partial charge in [0, 0.05) is 31.6 Å². The summed E-state index contributed by atoms with van der Waals surface area (Å²) in [7, 11) is 1.65. The summed E-state index contributed by atoms with van der Waals surface area (Å²) in [5, 5.41) is 12.3. The number of carboxylic acid groups (broad SMARTS) is 1. The Hall–Kier alpha value is -1.79. The lowest BCUT2D eigenvalue weighted by atomic mass is 10.1. The SMILES string of the molecule is COCCOCCCCNc1cc(C)c(N)c(C(=O)O)c1. The number of nitrogens with one attached hydrogen (secondary N) is 1. The average Bonchev–Trinajstić information content (AvgIpc) is 2.45. The number of nitrogen functional groups attached to an aromatic ring is 1. The predicted octanol–water partition coefficient (Wildman–Crippen LogP) is 2.13. The molecule has 1 rings (SSSR count). The van der Waals surface area contributed by atoms with E-state index in [1.54, 1.807) is 20.1 Å². The van der Waals surface area contributed by atoms with E-state index in [4.69, 9.17) is 20.3 Å². The first-order chi connectivity index (χ1) is 10.1. The van der Waals surface area contributed by atoms with E-state index >= 15 is 0 Å². The number of hydrogen-bond donors (Lipinski definition) is 3. The molecule has 0 atom stereocenters. The number of carboxylic acids is 1. The summed E-state index contributed by atoms with van der Waals surface area (Å²) in [5.74, 6) is -1.01. The molecule has 0 aliphatic rings. The van der Waals surface area contributed by atoms with Gasteiger partial charge in [-0.2, -0.15) is 0 Å². The minimum absolute atomic E-state index is 0.139. The van der Waals surface area contributed by atoms with Crippen LogP contribution in [0.4, 0.5) is 11.4 Å². The Balaban J connectivity index is 2.34. The Morgan fingerprint density at radius 1 is 1.29 bits per heavy atom. The van der Waals surface area contributed by atoms with Crippen LogP contribution in [-0.2, 0) is 9.47 Å². The molecular weight excluding hydrogens is 272 g/mol. The van der Waals surface area contributed by atoms with Crippen molar-refractivity contribution in [2.24, 2.45) is 0 Å². The molecule has 6 heteroatoms. The molecule has 0 fully saturated rings. The zero-order chi connectivity index (χ0) is 15.7. The molecule has 0 bridgehead atoms. The molecule has 0 aromatic heterocycles. The van der Waals surface area contributed by atoms with Crippen molar-refractivity contribution in [3.8, 4) is 0 Å². The molecule has 0 aliphatic heterocycles. The van der Waals surface area contributed by atoms with E-state index in [0.29, 0.717) is 25.5 Å². The van der Waals surface area contributed by atoms with Crippen LogP contribution in [0, 0.1) is 6.92 Å². The van der Waals surface area contributed by atoms with Crippen molar-refractivity contribution >= 4 is 17.3 Å². The van der Waals surface area contributed by atoms with Crippen LogP contribution in [-0.4, -0.2) is 44.6 Å². The summed E-state index contributed by atoms with van der Waals surface area (Å²) in [6, 6.07) is 3.43. The van der Waals surface area contributed by atoms with Crippen molar-refractivity contribution in [1.29, 1.82) is 0 Å². The van der Waals surface area contributed by atoms with Gasteiger partial charge >= 0.3 is 5.97 Å². The van der Waals surface area contributed by atoms with Gasteiger partial charge in [-0.25, -0.2) is 4.79 Å². The largest absolute Gasteiger partial charge is 0.478 e. The minimum atomic E-state index is -1.01. The average molecular weight is 296 g/mol. The first-order valence-corrected chi connectivity index (χ1v) is 7.00. The summed E-state index contributed by atoms with van der Waals surface area (Å²) in [5.41, 5.74) is 7.75. The second-order valence-corrected chi connectivity index (χ2v) is 4.80. The van der Waals surface area contributed by atoms with Gasteiger partial charge in [0.15, 0.2) is 0 Å². The number of nitrogens with two attached hydrogens (primary N) is 1. The van der Waals surface area contributed by atoms with Gasteiger partial charge in [-0.05, 0) is 37.5 Å². The van der Waals surface area contributed by atoms with Crippen LogP contribution in [0.5, 0.6) is 0 Å². The Morgan fingerprint density at radius 3 is 2.71 bits per heavy atom. The number of unbranched alkanes of at least 4 members (excludes halogenated alkanes) is 1. The van der Waals surface area contributed by atoms with E-state index in [1.807, 2.05) is 6.07 Å². The van der Waals surface area contributed by atoms with Gasteiger partial charge in [0.1, 0.15) is 0 Å². The monoisotopic (exact) mass is 296 g/mol. The smallest absolute Gasteiger partial charge is 0.337 e. The lowest BCUT2D eigenvalue weighted by Crippen LogP contribution is -2.09. The molecule has 21 heavy (non-hydrogen) atoms. The number of benzene rings is 1. The molecule has 0 heterocycles. The number of rotatable bonds is 10. The first-order valence-electron chi connectivity index (χ1n) is 7.00. The predicted molar refractivity (Wildman–Crippen MR) is 83.0 cm³/mol. The van der Waals surface area contributed by atoms with Crippen LogP contribution in [0.15, 0.2) is 12.1 Å². The Kier molecular flexibility index (Phi) is 7.56. The maximum atomic E-state index is 11.1. The highest BCUT2D eigenvalue weighted by molar-refractivity contribution is 5.95. The fourth-order valence-corrected chi connectivity index (χ4v) is 1.88. The van der Waals surface area contributed by atoms with Crippen LogP contribution in [0.25, 0.3) is 0 Å². The minimum Gasteiger partial charge on any atom is -0.478 e. The molecule has 0 amide bonds. The number of aromatic carboxylic acids is 1. The van der Waals surface area contributed by atoms with Crippen LogP contribution >= 0.6 is 0 Å². The summed E-state index contributed by atoms with van der Waals surface area (Å²) >= 11 is 0. The maximum absolute atomic E-state index is 11.1. The highest BCUT2D eigenvalue weighted by Crippen LogP contribution is 2.22. The first kappa shape index (κ1) is 17.3. The molecule has 0 unspecified atom stereocenters. The molecule has 0 aliphatic carbocycles. The van der Waals surface area contributed by atoms with E-state index in [-0.39, 0.29) is 5.56 Å². The lowest BCUT2D eigenvalue weighted by molar-refractivity contribution is 0.0691. The van der Waals surface area contributed by atoms with E-state index in [9.17, 15) is 4.79 Å². The van der Waals surface area contributed by atoms with Crippen LogP contribution in [0.2, 0.25) is 0 Å². The molecule has 0 saturated heterocycles. The molecule has 0 radical (unpaired) electrons. The molecule has 4 N–H and O–H groups in total. The van der Waals surface area contributed by atoms with Crippen molar-refractivity contribution in [1.82, 2.24) is 0 Å². The second-order valence-electron chi connectivity index (χ2n) is 4.80. The van der Waals surface area contributed by atoms with E-state index in [0.717, 1.165) is 30.6 Å². The summed E-state index contributed by atoms with van der Waals surface area (Å²) in [4.78, 5) is 11.1. The topological polar surface area (TPSA) is 93.8 Å². The normalized spacial score (nSPS) is 10.6. The van der Waals surface area contributed by atoms with Crippen LogP contribution < -0.4 is 11.1 Å². The molecule has 0 spiro atoms. The lowest BCUT2D eigenvalue weighted by Gasteiger charge is -2.11. The number of methoxy groups -OCH3 is 1. The zero-order valence-electron chi connectivity index (χ0n) is 12.6. The maximum Gasteiger partial charge on any atom is 0.337 e. The van der Waals surface area contributed by atoms with Gasteiger partial charge in [0.25, 0.3) is 0 Å². The Morgan fingerprint density at radius 2 is 2.05 bits per heavy atom. The highest BCUT2D eigenvalue weighted by Gasteiger charge is 2.11. The van der Waals surface area contributed by atoms with Gasteiger partial charge in [-0.3, -0.25) is 0 Å². The Bertz CT molecular complexity index is 463. The van der Waals surface area contributed by atoms with Crippen molar-refractivity contribution in [2.45, 2.75) is 19.8 Å².